The summed E-state index contributed by atoms with van der Waals surface area (Å²) in [4.78, 5) is 14.8. The molecule has 10 heteroatoms. The average molecular weight is 512 g/mol. The van der Waals surface area contributed by atoms with Crippen LogP contribution in [0.5, 0.6) is 5.75 Å². The highest BCUT2D eigenvalue weighted by Gasteiger charge is 2.41. The molecule has 0 saturated carbocycles. The van der Waals surface area contributed by atoms with E-state index in [-0.39, 0.29) is 24.5 Å². The first kappa shape index (κ1) is 26.9. The number of carbonyl (C=O) groups is 1. The van der Waals surface area contributed by atoms with Gasteiger partial charge in [-0.3, -0.25) is 4.79 Å². The monoisotopic (exact) mass is 511 g/mol. The van der Waals surface area contributed by atoms with E-state index in [0.717, 1.165) is 5.56 Å². The predicted molar refractivity (Wildman–Crippen MR) is 131 cm³/mol. The maximum Gasteiger partial charge on any atom is 0.254 e. The van der Waals surface area contributed by atoms with E-state index in [1.54, 1.807) is 26.0 Å². The molecule has 2 fully saturated rings. The van der Waals surface area contributed by atoms with Crippen LogP contribution in [0.15, 0.2) is 12.1 Å². The molecule has 8 nitrogen and oxygen atoms in total. The molecular formula is C24H34ClN3O5S. The molecule has 1 aromatic rings. The van der Waals surface area contributed by atoms with Crippen LogP contribution in [0.25, 0.3) is 0 Å². The molecule has 0 aromatic heterocycles. The number of likely N-dealkylation sites (tertiary alicyclic amines) is 1. The quantitative estimate of drug-likeness (QED) is 0.625. The van der Waals surface area contributed by atoms with E-state index in [4.69, 9.17) is 25.8 Å². The van der Waals surface area contributed by atoms with Gasteiger partial charge in [-0.1, -0.05) is 11.6 Å². The predicted octanol–water partition coefficient (Wildman–Crippen LogP) is 3.70. The molecule has 2 aliphatic heterocycles. The molecular weight excluding hydrogens is 478 g/mol. The molecule has 1 N–H and O–H groups in total. The van der Waals surface area contributed by atoms with Gasteiger partial charge < -0.3 is 19.1 Å². The van der Waals surface area contributed by atoms with Crippen LogP contribution in [0.1, 0.15) is 64.6 Å². The number of halogens is 1. The Morgan fingerprint density at radius 1 is 1.35 bits per heavy atom. The lowest BCUT2D eigenvalue weighted by Gasteiger charge is -2.38. The Bertz CT molecular complexity index is 980. The van der Waals surface area contributed by atoms with Gasteiger partial charge in [-0.15, -0.1) is 0 Å². The van der Waals surface area contributed by atoms with E-state index in [9.17, 15) is 14.3 Å². The summed E-state index contributed by atoms with van der Waals surface area (Å²) in [5.74, 6) is -0.228. The first-order chi connectivity index (χ1) is 15.9. The van der Waals surface area contributed by atoms with Crippen LogP contribution in [0, 0.1) is 17.2 Å². The van der Waals surface area contributed by atoms with Gasteiger partial charge in [-0.25, -0.2) is 8.93 Å². The van der Waals surface area contributed by atoms with Crippen molar-refractivity contribution in [3.63, 3.8) is 0 Å². The van der Waals surface area contributed by atoms with Gasteiger partial charge in [0.2, 0.25) is 0 Å². The maximum atomic E-state index is 13.1. The summed E-state index contributed by atoms with van der Waals surface area (Å²) in [6.07, 6.45) is 0.802. The molecule has 2 aliphatic rings. The number of methoxy groups -OCH3 is 1. The molecule has 2 saturated heterocycles. The molecule has 1 amide bonds. The van der Waals surface area contributed by atoms with Crippen LogP contribution >= 0.6 is 11.6 Å². The van der Waals surface area contributed by atoms with Crippen LogP contribution in [0.4, 0.5) is 0 Å². The lowest BCUT2D eigenvalue weighted by molar-refractivity contribution is -0.161. The standard InChI is InChI=1S/C24H34ClN3O5S/c1-23(2,3)34(30)27-21(17-12-18(25)16(13-26)11-19(17)31-6)15-7-9-28(10-8-15)22(29)20-14-32-24(4,5)33-20/h11-12,15,20-21,27H,7-10,14H2,1-6H3/t20-,21-,34+/m1/s1. The molecule has 2 heterocycles. The van der Waals surface area contributed by atoms with Gasteiger partial charge in [0, 0.05) is 18.7 Å². The Morgan fingerprint density at radius 2 is 2.00 bits per heavy atom. The summed E-state index contributed by atoms with van der Waals surface area (Å²) in [6, 6.07) is 5.08. The van der Waals surface area contributed by atoms with Crippen LogP contribution < -0.4 is 9.46 Å². The largest absolute Gasteiger partial charge is 0.496 e. The van der Waals surface area contributed by atoms with Crippen LogP contribution in [0.3, 0.4) is 0 Å². The minimum Gasteiger partial charge on any atom is -0.496 e. The number of amides is 1. The summed E-state index contributed by atoms with van der Waals surface area (Å²) < 4.78 is 32.8. The smallest absolute Gasteiger partial charge is 0.254 e. The fourth-order valence-electron chi connectivity index (χ4n) is 4.25. The number of nitriles is 1. The topological polar surface area (TPSA) is 101 Å². The van der Waals surface area contributed by atoms with Gasteiger partial charge in [-0.05, 0) is 65.5 Å². The van der Waals surface area contributed by atoms with E-state index in [1.807, 2.05) is 25.7 Å². The summed E-state index contributed by atoms with van der Waals surface area (Å²) in [6.45, 7) is 10.7. The number of carbonyl (C=O) groups excluding carboxylic acids is 1. The number of piperidine rings is 1. The van der Waals surface area contributed by atoms with Crippen molar-refractivity contribution in [2.24, 2.45) is 5.92 Å². The van der Waals surface area contributed by atoms with E-state index >= 15 is 0 Å². The molecule has 0 bridgehead atoms. The van der Waals surface area contributed by atoms with E-state index in [0.29, 0.717) is 42.3 Å². The highest BCUT2D eigenvalue weighted by molar-refractivity contribution is 7.84. The SMILES string of the molecule is COc1cc(C#N)c(Cl)cc1[C@H](N[S@@](=O)C(C)(C)C)C1CCN(C(=O)[C@H]2COC(C)(C)O2)CC1. The number of hydrogen-bond acceptors (Lipinski definition) is 6. The van der Waals surface area contributed by atoms with Gasteiger partial charge in [0.05, 0.1) is 46.1 Å². The molecule has 0 unspecified atom stereocenters. The van der Waals surface area contributed by atoms with Crippen molar-refractivity contribution >= 4 is 28.5 Å². The lowest BCUT2D eigenvalue weighted by atomic mass is 9.85. The number of nitrogens with zero attached hydrogens (tertiary/aromatic N) is 2. The zero-order valence-electron chi connectivity index (χ0n) is 20.6. The number of nitrogens with one attached hydrogen (secondary N) is 1. The number of benzene rings is 1. The lowest BCUT2D eigenvalue weighted by Crippen LogP contribution is -2.47. The zero-order chi connectivity index (χ0) is 25.3. The third kappa shape index (κ3) is 6.10. The van der Waals surface area contributed by atoms with Crippen LogP contribution in [-0.2, 0) is 25.3 Å². The number of rotatable bonds is 6. The Labute approximate surface area is 209 Å². The van der Waals surface area contributed by atoms with Crippen molar-refractivity contribution in [2.75, 3.05) is 26.8 Å². The fraction of sp³-hybridized carbons (Fsp3) is 0.667. The van der Waals surface area contributed by atoms with Gasteiger partial charge in [0.1, 0.15) is 11.8 Å². The highest BCUT2D eigenvalue weighted by atomic mass is 35.5. The van der Waals surface area contributed by atoms with Crippen molar-refractivity contribution < 1.29 is 23.2 Å². The van der Waals surface area contributed by atoms with Gasteiger partial charge in [0.15, 0.2) is 11.9 Å². The van der Waals surface area contributed by atoms with Crippen molar-refractivity contribution in [3.05, 3.63) is 28.3 Å². The van der Waals surface area contributed by atoms with Crippen molar-refractivity contribution in [2.45, 2.75) is 70.1 Å². The van der Waals surface area contributed by atoms with Crippen LogP contribution in [0.2, 0.25) is 5.02 Å². The average Bonchev–Trinajstić information content (AvgIpc) is 3.15. The minimum absolute atomic E-state index is 0.0641. The second-order valence-electron chi connectivity index (χ2n) is 10.1. The molecule has 0 radical (unpaired) electrons. The third-order valence-corrected chi connectivity index (χ3v) is 8.06. The summed E-state index contributed by atoms with van der Waals surface area (Å²) >= 11 is 6.37. The van der Waals surface area contributed by atoms with Crippen LogP contribution in [-0.4, -0.2) is 58.5 Å². The zero-order valence-corrected chi connectivity index (χ0v) is 22.2. The maximum absolute atomic E-state index is 13.1. The van der Waals surface area contributed by atoms with E-state index in [1.165, 1.54) is 7.11 Å². The first-order valence-electron chi connectivity index (χ1n) is 11.4. The van der Waals surface area contributed by atoms with E-state index in [2.05, 4.69) is 10.8 Å². The van der Waals surface area contributed by atoms with Gasteiger partial charge in [-0.2, -0.15) is 5.26 Å². The van der Waals surface area contributed by atoms with Gasteiger partial charge >= 0.3 is 0 Å². The first-order valence-corrected chi connectivity index (χ1v) is 12.9. The Morgan fingerprint density at radius 3 is 2.50 bits per heavy atom. The summed E-state index contributed by atoms with van der Waals surface area (Å²) in [5.41, 5.74) is 1.07. The second kappa shape index (κ2) is 10.5. The number of hydrogen-bond donors (Lipinski definition) is 1. The molecule has 188 valence electrons. The second-order valence-corrected chi connectivity index (χ2v) is 12.5. The Balaban J connectivity index is 1.82. The highest BCUT2D eigenvalue weighted by Crippen LogP contribution is 2.39. The fourth-order valence-corrected chi connectivity index (χ4v) is 5.36. The third-order valence-electron chi connectivity index (χ3n) is 6.17. The van der Waals surface area contributed by atoms with Crippen molar-refractivity contribution in [1.29, 1.82) is 5.26 Å². The van der Waals surface area contributed by atoms with Gasteiger partial charge in [0.25, 0.3) is 5.91 Å². The van der Waals surface area contributed by atoms with E-state index < -0.39 is 27.6 Å². The Kier molecular flexibility index (Phi) is 8.31. The molecule has 3 atom stereocenters. The molecule has 0 spiro atoms. The molecule has 3 rings (SSSR count). The molecule has 1 aromatic carbocycles. The Hall–Kier alpha value is -1.70. The molecule has 34 heavy (non-hydrogen) atoms. The van der Waals surface area contributed by atoms with Crippen molar-refractivity contribution in [3.8, 4) is 11.8 Å². The summed E-state index contributed by atoms with van der Waals surface area (Å²) in [7, 11) is 0.187. The van der Waals surface area contributed by atoms with Crippen molar-refractivity contribution in [1.82, 2.24) is 9.62 Å². The summed E-state index contributed by atoms with van der Waals surface area (Å²) in [5, 5.41) is 9.68. The normalized spacial score (nSPS) is 22.8. The number of ether oxygens (including phenoxy) is 3. The molecule has 0 aliphatic carbocycles. The minimum atomic E-state index is -1.35.